The van der Waals surface area contributed by atoms with E-state index >= 15 is 0 Å². The summed E-state index contributed by atoms with van der Waals surface area (Å²) in [6.07, 6.45) is 3.07. The molecule has 2 aromatic carbocycles. The van der Waals surface area contributed by atoms with E-state index < -0.39 is 0 Å². The molecule has 1 heterocycles. The van der Waals surface area contributed by atoms with Gasteiger partial charge in [-0.25, -0.2) is 0 Å². The summed E-state index contributed by atoms with van der Waals surface area (Å²) in [6.45, 7) is 6.92. The van der Waals surface area contributed by atoms with Crippen LogP contribution in [0.15, 0.2) is 47.5 Å². The van der Waals surface area contributed by atoms with Crippen molar-refractivity contribution < 1.29 is 0 Å². The molecule has 0 aromatic heterocycles. The maximum absolute atomic E-state index is 6.00. The molecular formula is C20H23ClN2. The highest BCUT2D eigenvalue weighted by Gasteiger charge is 2.33. The Morgan fingerprint density at radius 1 is 1.22 bits per heavy atom. The van der Waals surface area contributed by atoms with Crippen molar-refractivity contribution in [2.45, 2.75) is 38.6 Å². The third-order valence-electron chi connectivity index (χ3n) is 4.83. The van der Waals surface area contributed by atoms with Crippen LogP contribution >= 0.6 is 11.6 Å². The summed E-state index contributed by atoms with van der Waals surface area (Å²) in [5.74, 6) is 0.552. The van der Waals surface area contributed by atoms with Gasteiger partial charge >= 0.3 is 0 Å². The zero-order valence-electron chi connectivity index (χ0n) is 14.2. The summed E-state index contributed by atoms with van der Waals surface area (Å²) in [5.41, 5.74) is 4.93. The fourth-order valence-corrected chi connectivity index (χ4v) is 3.57. The molecule has 3 heteroatoms. The minimum Gasteiger partial charge on any atom is -0.369 e. The molecule has 0 amide bonds. The molecule has 0 saturated heterocycles. The largest absolute Gasteiger partial charge is 0.369 e. The van der Waals surface area contributed by atoms with Crippen molar-refractivity contribution in [1.82, 2.24) is 0 Å². The number of anilines is 1. The number of nitrogens with zero attached hydrogens (tertiary/aromatic N) is 2. The summed E-state index contributed by atoms with van der Waals surface area (Å²) in [4.78, 5) is 6.92. The summed E-state index contributed by atoms with van der Waals surface area (Å²) < 4.78 is 0. The van der Waals surface area contributed by atoms with Gasteiger partial charge < -0.3 is 4.90 Å². The summed E-state index contributed by atoms with van der Waals surface area (Å²) in [7, 11) is 2.18. The maximum Gasteiger partial charge on any atom is 0.0644 e. The highest BCUT2D eigenvalue weighted by Crippen LogP contribution is 2.42. The molecule has 23 heavy (non-hydrogen) atoms. The molecule has 0 spiro atoms. The van der Waals surface area contributed by atoms with Crippen molar-refractivity contribution in [2.24, 2.45) is 4.99 Å². The van der Waals surface area contributed by atoms with Crippen molar-refractivity contribution in [3.05, 3.63) is 58.6 Å². The Bertz CT molecular complexity index is 749. The Morgan fingerprint density at radius 2 is 2.00 bits per heavy atom. The molecule has 0 aliphatic carbocycles. The van der Waals surface area contributed by atoms with Gasteiger partial charge in [0.2, 0.25) is 0 Å². The van der Waals surface area contributed by atoms with Crippen LogP contribution in [0.1, 0.15) is 44.2 Å². The van der Waals surface area contributed by atoms with Crippen molar-refractivity contribution in [2.75, 3.05) is 11.9 Å². The lowest BCUT2D eigenvalue weighted by Gasteiger charge is -2.45. The normalized spacial score (nSPS) is 19.9. The van der Waals surface area contributed by atoms with E-state index in [1.54, 1.807) is 0 Å². The second-order valence-electron chi connectivity index (χ2n) is 7.03. The van der Waals surface area contributed by atoms with E-state index in [1.807, 2.05) is 30.5 Å². The number of rotatable bonds is 2. The lowest BCUT2D eigenvalue weighted by Crippen LogP contribution is -2.45. The fourth-order valence-electron chi connectivity index (χ4n) is 3.38. The molecule has 2 nitrogen and oxygen atoms in total. The van der Waals surface area contributed by atoms with Crippen LogP contribution in [0.4, 0.5) is 11.4 Å². The van der Waals surface area contributed by atoms with Crippen molar-refractivity contribution in [3.8, 4) is 0 Å². The van der Waals surface area contributed by atoms with E-state index in [1.165, 1.54) is 11.3 Å². The first-order chi connectivity index (χ1) is 10.9. The van der Waals surface area contributed by atoms with Gasteiger partial charge in [0.1, 0.15) is 0 Å². The number of hydrogen-bond acceptors (Lipinski definition) is 2. The Balaban J connectivity index is 1.91. The van der Waals surface area contributed by atoms with Gasteiger partial charge in [-0.1, -0.05) is 30.7 Å². The SMILES string of the molecule is CC1CC(C)(C)N(C)c2ccc(C=Nc3cccc(Cl)c3)cc21. The Morgan fingerprint density at radius 3 is 2.74 bits per heavy atom. The minimum absolute atomic E-state index is 0.197. The van der Waals surface area contributed by atoms with Crippen LogP contribution in [0.3, 0.4) is 0 Å². The molecule has 3 rings (SSSR count). The second-order valence-corrected chi connectivity index (χ2v) is 7.47. The number of fused-ring (bicyclic) bond motifs is 1. The molecule has 1 atom stereocenters. The fraction of sp³-hybridized carbons (Fsp3) is 0.350. The molecule has 0 fully saturated rings. The summed E-state index contributed by atoms with van der Waals surface area (Å²) >= 11 is 6.00. The number of aliphatic imine (C=N–C) groups is 1. The van der Waals surface area contributed by atoms with Crippen molar-refractivity contribution in [1.29, 1.82) is 0 Å². The molecular weight excluding hydrogens is 304 g/mol. The standard InChI is InChI=1S/C20H23ClN2/c1-14-12-20(2,3)23(4)19-9-8-15(10-18(14)19)13-22-17-7-5-6-16(21)11-17/h5-11,13-14H,12H2,1-4H3. The molecule has 0 bridgehead atoms. The van der Waals surface area contributed by atoms with Crippen LogP contribution in [-0.2, 0) is 0 Å². The average Bonchev–Trinajstić information content (AvgIpc) is 2.50. The quantitative estimate of drug-likeness (QED) is 0.635. The highest BCUT2D eigenvalue weighted by molar-refractivity contribution is 6.30. The average molecular weight is 327 g/mol. The number of benzene rings is 2. The van der Waals surface area contributed by atoms with E-state index in [2.05, 4.69) is 55.9 Å². The molecule has 0 N–H and O–H groups in total. The Labute approximate surface area is 143 Å². The molecule has 2 aromatic rings. The predicted octanol–water partition coefficient (Wildman–Crippen LogP) is 5.81. The molecule has 1 aliphatic rings. The van der Waals surface area contributed by atoms with Crippen LogP contribution in [0.5, 0.6) is 0 Å². The first-order valence-electron chi connectivity index (χ1n) is 8.04. The van der Waals surface area contributed by atoms with Gasteiger partial charge in [-0.3, -0.25) is 4.99 Å². The number of hydrogen-bond donors (Lipinski definition) is 0. The van der Waals surface area contributed by atoms with E-state index in [0.29, 0.717) is 10.9 Å². The van der Waals surface area contributed by atoms with E-state index in [9.17, 15) is 0 Å². The van der Waals surface area contributed by atoms with Gasteiger partial charge in [0.25, 0.3) is 0 Å². The summed E-state index contributed by atoms with van der Waals surface area (Å²) in [5, 5.41) is 0.711. The van der Waals surface area contributed by atoms with Gasteiger partial charge in [0.05, 0.1) is 5.69 Å². The number of halogens is 1. The smallest absolute Gasteiger partial charge is 0.0644 e. The Kier molecular flexibility index (Phi) is 4.20. The molecule has 0 radical (unpaired) electrons. The Hall–Kier alpha value is -1.80. The summed E-state index contributed by atoms with van der Waals surface area (Å²) in [6, 6.07) is 14.2. The third-order valence-corrected chi connectivity index (χ3v) is 5.06. The van der Waals surface area contributed by atoms with Gasteiger partial charge in [0, 0.05) is 29.5 Å². The van der Waals surface area contributed by atoms with Crippen LogP contribution in [0, 0.1) is 0 Å². The minimum atomic E-state index is 0.197. The second kappa shape index (κ2) is 6.01. The first-order valence-corrected chi connectivity index (χ1v) is 8.42. The van der Waals surface area contributed by atoms with Gasteiger partial charge in [-0.05, 0) is 67.6 Å². The van der Waals surface area contributed by atoms with Gasteiger partial charge in [-0.2, -0.15) is 0 Å². The van der Waals surface area contributed by atoms with E-state index in [4.69, 9.17) is 11.6 Å². The molecule has 1 aliphatic heterocycles. The lowest BCUT2D eigenvalue weighted by molar-refractivity contribution is 0.395. The third kappa shape index (κ3) is 3.28. The van der Waals surface area contributed by atoms with Gasteiger partial charge in [0.15, 0.2) is 0 Å². The van der Waals surface area contributed by atoms with E-state index in [0.717, 1.165) is 17.7 Å². The maximum atomic E-state index is 6.00. The zero-order valence-corrected chi connectivity index (χ0v) is 14.9. The van der Waals surface area contributed by atoms with Crippen LogP contribution in [0.25, 0.3) is 0 Å². The van der Waals surface area contributed by atoms with Crippen LogP contribution < -0.4 is 4.90 Å². The lowest BCUT2D eigenvalue weighted by atomic mass is 9.80. The molecule has 1 unspecified atom stereocenters. The van der Waals surface area contributed by atoms with E-state index in [-0.39, 0.29) is 5.54 Å². The highest BCUT2D eigenvalue weighted by atomic mass is 35.5. The van der Waals surface area contributed by atoms with Crippen LogP contribution in [0.2, 0.25) is 5.02 Å². The topological polar surface area (TPSA) is 15.6 Å². The van der Waals surface area contributed by atoms with Crippen molar-refractivity contribution >= 4 is 29.2 Å². The predicted molar refractivity (Wildman–Crippen MR) is 101 cm³/mol. The monoisotopic (exact) mass is 326 g/mol. The van der Waals surface area contributed by atoms with Crippen LogP contribution in [-0.4, -0.2) is 18.8 Å². The van der Waals surface area contributed by atoms with Gasteiger partial charge in [-0.15, -0.1) is 0 Å². The zero-order chi connectivity index (χ0) is 16.6. The van der Waals surface area contributed by atoms with Crippen molar-refractivity contribution in [3.63, 3.8) is 0 Å². The first kappa shape index (κ1) is 16.1. The molecule has 0 saturated carbocycles. The molecule has 120 valence electrons.